The molecule has 1 amide bonds. The van der Waals surface area contributed by atoms with E-state index < -0.39 is 6.04 Å². The summed E-state index contributed by atoms with van der Waals surface area (Å²) in [7, 11) is 1.31. The van der Waals surface area contributed by atoms with Crippen LogP contribution in [0.15, 0.2) is 0 Å². The lowest BCUT2D eigenvalue weighted by Crippen LogP contribution is -2.42. The molecule has 0 aromatic heterocycles. The lowest BCUT2D eigenvalue weighted by Gasteiger charge is -2.13. The summed E-state index contributed by atoms with van der Waals surface area (Å²) < 4.78 is 4.44. The van der Waals surface area contributed by atoms with Crippen LogP contribution in [0.2, 0.25) is 0 Å². The highest BCUT2D eigenvalue weighted by Gasteiger charge is 2.14. The molecule has 0 saturated carbocycles. The van der Waals surface area contributed by atoms with E-state index >= 15 is 0 Å². The first-order valence-electron chi connectivity index (χ1n) is 5.07. The van der Waals surface area contributed by atoms with E-state index in [1.807, 2.05) is 13.8 Å². The normalized spacial score (nSPS) is 12.3. The molecule has 0 aromatic rings. The van der Waals surface area contributed by atoms with Crippen LogP contribution in [0.25, 0.3) is 0 Å². The van der Waals surface area contributed by atoms with Crippen molar-refractivity contribution >= 4 is 11.9 Å². The van der Waals surface area contributed by atoms with Gasteiger partial charge in [-0.15, -0.1) is 0 Å². The lowest BCUT2D eigenvalue weighted by atomic mass is 10.0. The summed E-state index contributed by atoms with van der Waals surface area (Å²) in [4.78, 5) is 22.1. The Labute approximate surface area is 90.4 Å². The summed E-state index contributed by atoms with van der Waals surface area (Å²) in [6, 6.07) is -0.498. The van der Waals surface area contributed by atoms with Gasteiger partial charge in [0.25, 0.3) is 0 Å². The molecule has 5 heteroatoms. The maximum Gasteiger partial charge on any atom is 0.307 e. The van der Waals surface area contributed by atoms with Gasteiger partial charge in [0.1, 0.15) is 0 Å². The molecule has 0 aliphatic carbocycles. The fourth-order valence-electron chi connectivity index (χ4n) is 1.14. The third-order valence-corrected chi connectivity index (χ3v) is 1.92. The maximum absolute atomic E-state index is 11.4. The number of nitrogens with two attached hydrogens (primary N) is 1. The van der Waals surface area contributed by atoms with Gasteiger partial charge in [-0.2, -0.15) is 0 Å². The zero-order valence-corrected chi connectivity index (χ0v) is 9.58. The monoisotopic (exact) mass is 216 g/mol. The molecule has 0 fully saturated rings. The molecule has 15 heavy (non-hydrogen) atoms. The molecule has 0 aromatic carbocycles. The van der Waals surface area contributed by atoms with Crippen LogP contribution >= 0.6 is 0 Å². The van der Waals surface area contributed by atoms with Gasteiger partial charge in [0.05, 0.1) is 19.6 Å². The fourth-order valence-corrected chi connectivity index (χ4v) is 1.14. The van der Waals surface area contributed by atoms with Crippen molar-refractivity contribution in [1.29, 1.82) is 0 Å². The summed E-state index contributed by atoms with van der Waals surface area (Å²) in [5.74, 6) is -0.174. The molecule has 0 spiro atoms. The van der Waals surface area contributed by atoms with Crippen molar-refractivity contribution in [3.8, 4) is 0 Å². The third kappa shape index (κ3) is 6.90. The highest BCUT2D eigenvalue weighted by molar-refractivity contribution is 5.81. The minimum Gasteiger partial charge on any atom is -0.469 e. The molecule has 5 nitrogen and oxygen atoms in total. The Morgan fingerprint density at radius 3 is 2.47 bits per heavy atom. The quantitative estimate of drug-likeness (QED) is 0.614. The second-order valence-electron chi connectivity index (χ2n) is 3.85. The van der Waals surface area contributed by atoms with E-state index in [9.17, 15) is 9.59 Å². The van der Waals surface area contributed by atoms with Crippen LogP contribution in [0.4, 0.5) is 0 Å². The van der Waals surface area contributed by atoms with Gasteiger partial charge in [-0.05, 0) is 12.3 Å². The van der Waals surface area contributed by atoms with E-state index in [2.05, 4.69) is 10.1 Å². The maximum atomic E-state index is 11.4. The van der Waals surface area contributed by atoms with Gasteiger partial charge in [0, 0.05) is 6.54 Å². The van der Waals surface area contributed by atoms with Crippen LogP contribution in [0.5, 0.6) is 0 Å². The molecular formula is C10H20N2O3. The SMILES string of the molecule is COC(=O)CCNC(=O)[C@H](N)CC(C)C. The first-order valence-corrected chi connectivity index (χ1v) is 5.07. The summed E-state index contributed by atoms with van der Waals surface area (Å²) in [6.07, 6.45) is 0.820. The van der Waals surface area contributed by atoms with Gasteiger partial charge in [-0.1, -0.05) is 13.8 Å². The molecule has 0 heterocycles. The number of rotatable bonds is 6. The molecule has 0 saturated heterocycles. The molecule has 0 radical (unpaired) electrons. The minimum absolute atomic E-state index is 0.177. The van der Waals surface area contributed by atoms with Crippen LogP contribution in [0.3, 0.4) is 0 Å². The third-order valence-electron chi connectivity index (χ3n) is 1.92. The van der Waals surface area contributed by atoms with Gasteiger partial charge in [0.2, 0.25) is 5.91 Å². The standard InChI is InChI=1S/C10H20N2O3/c1-7(2)6-8(11)10(14)12-5-4-9(13)15-3/h7-8H,4-6,11H2,1-3H3,(H,12,14)/t8-/m1/s1. The van der Waals surface area contributed by atoms with Crippen LogP contribution in [-0.2, 0) is 14.3 Å². The molecular weight excluding hydrogens is 196 g/mol. The van der Waals surface area contributed by atoms with Crippen molar-refractivity contribution in [1.82, 2.24) is 5.32 Å². The predicted molar refractivity (Wildman–Crippen MR) is 57.1 cm³/mol. The van der Waals surface area contributed by atoms with Crippen molar-refractivity contribution in [2.24, 2.45) is 11.7 Å². The van der Waals surface area contributed by atoms with Crippen molar-refractivity contribution in [2.45, 2.75) is 32.7 Å². The van der Waals surface area contributed by atoms with E-state index in [1.165, 1.54) is 7.11 Å². The smallest absolute Gasteiger partial charge is 0.307 e. The highest BCUT2D eigenvalue weighted by atomic mass is 16.5. The molecule has 3 N–H and O–H groups in total. The Morgan fingerprint density at radius 1 is 1.40 bits per heavy atom. The number of esters is 1. The summed E-state index contributed by atoms with van der Waals surface area (Å²) in [5.41, 5.74) is 5.64. The molecule has 0 aliphatic rings. The van der Waals surface area contributed by atoms with Crippen LogP contribution < -0.4 is 11.1 Å². The van der Waals surface area contributed by atoms with Gasteiger partial charge >= 0.3 is 5.97 Å². The Hall–Kier alpha value is -1.10. The fraction of sp³-hybridized carbons (Fsp3) is 0.800. The van der Waals surface area contributed by atoms with E-state index in [1.54, 1.807) is 0 Å². The van der Waals surface area contributed by atoms with E-state index in [4.69, 9.17) is 5.73 Å². The Kier molecular flexibility index (Phi) is 6.70. The van der Waals surface area contributed by atoms with E-state index in [0.29, 0.717) is 12.3 Å². The van der Waals surface area contributed by atoms with Crippen molar-refractivity contribution in [3.63, 3.8) is 0 Å². The van der Waals surface area contributed by atoms with Crippen LogP contribution in [0.1, 0.15) is 26.7 Å². The minimum atomic E-state index is -0.498. The largest absolute Gasteiger partial charge is 0.469 e. The number of carbonyl (C=O) groups excluding carboxylic acids is 2. The van der Waals surface area contributed by atoms with Gasteiger partial charge in [-0.25, -0.2) is 0 Å². The molecule has 0 aliphatic heterocycles. The van der Waals surface area contributed by atoms with Crippen LogP contribution in [0, 0.1) is 5.92 Å². The lowest BCUT2D eigenvalue weighted by molar-refractivity contribution is -0.140. The van der Waals surface area contributed by atoms with Crippen molar-refractivity contribution in [2.75, 3.05) is 13.7 Å². The number of hydrogen-bond acceptors (Lipinski definition) is 4. The molecule has 88 valence electrons. The number of nitrogens with one attached hydrogen (secondary N) is 1. The van der Waals surface area contributed by atoms with Crippen molar-refractivity contribution < 1.29 is 14.3 Å². The zero-order valence-electron chi connectivity index (χ0n) is 9.58. The average Bonchev–Trinajstić information content (AvgIpc) is 2.16. The van der Waals surface area contributed by atoms with Crippen LogP contribution in [-0.4, -0.2) is 31.6 Å². The van der Waals surface area contributed by atoms with E-state index in [0.717, 1.165) is 0 Å². The van der Waals surface area contributed by atoms with Gasteiger partial charge in [-0.3, -0.25) is 9.59 Å². The second-order valence-corrected chi connectivity index (χ2v) is 3.85. The number of ether oxygens (including phenoxy) is 1. The van der Waals surface area contributed by atoms with Crippen molar-refractivity contribution in [3.05, 3.63) is 0 Å². The molecule has 0 bridgehead atoms. The number of methoxy groups -OCH3 is 1. The number of hydrogen-bond donors (Lipinski definition) is 2. The van der Waals surface area contributed by atoms with Gasteiger partial charge in [0.15, 0.2) is 0 Å². The summed E-state index contributed by atoms with van der Waals surface area (Å²) in [5, 5.41) is 2.59. The number of carbonyl (C=O) groups is 2. The second kappa shape index (κ2) is 7.23. The summed E-state index contributed by atoms with van der Waals surface area (Å²) in [6.45, 7) is 4.28. The molecule has 0 unspecified atom stereocenters. The topological polar surface area (TPSA) is 81.4 Å². The first-order chi connectivity index (χ1) is 6.97. The first kappa shape index (κ1) is 13.9. The molecule has 0 rings (SSSR count). The average molecular weight is 216 g/mol. The zero-order chi connectivity index (χ0) is 11.8. The van der Waals surface area contributed by atoms with Gasteiger partial charge < -0.3 is 15.8 Å². The Balaban J connectivity index is 3.69. The highest BCUT2D eigenvalue weighted by Crippen LogP contribution is 2.02. The van der Waals surface area contributed by atoms with E-state index in [-0.39, 0.29) is 24.8 Å². The Morgan fingerprint density at radius 2 is 2.00 bits per heavy atom. The Bertz CT molecular complexity index is 217. The number of amides is 1. The molecule has 1 atom stereocenters. The predicted octanol–water partition coefficient (Wildman–Crippen LogP) is 0.0391. The summed E-state index contributed by atoms with van der Waals surface area (Å²) >= 11 is 0.